The fourth-order valence-corrected chi connectivity index (χ4v) is 3.60. The lowest BCUT2D eigenvalue weighted by atomic mass is 9.91. The first kappa shape index (κ1) is 17.5. The van der Waals surface area contributed by atoms with Gasteiger partial charge in [0.2, 0.25) is 0 Å². The molecule has 0 spiro atoms. The molecule has 1 aromatic carbocycles. The molecule has 130 valence electrons. The first-order chi connectivity index (χ1) is 12.0. The van der Waals surface area contributed by atoms with Gasteiger partial charge in [0.05, 0.1) is 31.1 Å². The predicted molar refractivity (Wildman–Crippen MR) is 99.4 cm³/mol. The molecule has 0 saturated heterocycles. The van der Waals surface area contributed by atoms with Crippen LogP contribution in [0.3, 0.4) is 0 Å². The first-order valence-electron chi connectivity index (χ1n) is 8.20. The monoisotopic (exact) mass is 355 g/mol. The summed E-state index contributed by atoms with van der Waals surface area (Å²) < 4.78 is 13.7. The van der Waals surface area contributed by atoms with E-state index in [0.717, 1.165) is 16.8 Å². The molecule has 25 heavy (non-hydrogen) atoms. The molecular weight excluding hydrogens is 334 g/mol. The molecule has 0 amide bonds. The summed E-state index contributed by atoms with van der Waals surface area (Å²) in [5.41, 5.74) is 9.35. The average molecular weight is 355 g/mol. The van der Waals surface area contributed by atoms with Gasteiger partial charge in [0.1, 0.15) is 22.3 Å². The maximum Gasteiger partial charge on any atom is 0.142 e. The second-order valence-corrected chi connectivity index (χ2v) is 6.83. The van der Waals surface area contributed by atoms with E-state index in [4.69, 9.17) is 27.4 Å². The van der Waals surface area contributed by atoms with Gasteiger partial charge in [-0.2, -0.15) is 5.26 Å². The smallest absolute Gasteiger partial charge is 0.142 e. The highest BCUT2D eigenvalue weighted by molar-refractivity contribution is 7.71. The minimum Gasteiger partial charge on any atom is -0.495 e. The van der Waals surface area contributed by atoms with Crippen molar-refractivity contribution in [2.75, 3.05) is 12.8 Å². The number of rotatable bonds is 3. The van der Waals surface area contributed by atoms with E-state index in [1.165, 1.54) is 0 Å². The molecule has 0 radical (unpaired) electrons. The highest BCUT2D eigenvalue weighted by Gasteiger charge is 2.28. The molecule has 0 fully saturated rings. The lowest BCUT2D eigenvalue weighted by Gasteiger charge is -2.30. The van der Waals surface area contributed by atoms with Gasteiger partial charge in [-0.05, 0) is 23.6 Å². The van der Waals surface area contributed by atoms with Gasteiger partial charge < -0.3 is 15.2 Å². The van der Waals surface area contributed by atoms with Crippen LogP contribution in [0, 0.1) is 21.9 Å². The summed E-state index contributed by atoms with van der Waals surface area (Å²) in [4.78, 5) is 0. The molecule has 1 aromatic heterocycles. The van der Waals surface area contributed by atoms with Crippen molar-refractivity contribution in [3.63, 3.8) is 0 Å². The SMILES string of the molecule is COc1ccccc1-n1c(N)c(C#N)c2c(c1=S)CO[C@H](C(C)C)C2. The Morgan fingerprint density at radius 2 is 2.08 bits per heavy atom. The number of pyridine rings is 1. The van der Waals surface area contributed by atoms with Gasteiger partial charge >= 0.3 is 0 Å². The molecule has 2 N–H and O–H groups in total. The Labute approximate surface area is 152 Å². The van der Waals surface area contributed by atoms with Gasteiger partial charge in [-0.15, -0.1) is 0 Å². The number of hydrogen-bond acceptors (Lipinski definition) is 5. The van der Waals surface area contributed by atoms with Gasteiger partial charge in [0, 0.05) is 12.0 Å². The molecule has 1 aliphatic rings. The predicted octanol–water partition coefficient (Wildman–Crippen LogP) is 3.77. The van der Waals surface area contributed by atoms with Gasteiger partial charge in [-0.1, -0.05) is 38.2 Å². The summed E-state index contributed by atoms with van der Waals surface area (Å²) in [6.07, 6.45) is 0.715. The molecule has 1 atom stereocenters. The zero-order valence-corrected chi connectivity index (χ0v) is 15.4. The summed E-state index contributed by atoms with van der Waals surface area (Å²) in [6, 6.07) is 9.75. The number of nitrogens with two attached hydrogens (primary N) is 1. The fourth-order valence-electron chi connectivity index (χ4n) is 3.22. The Kier molecular flexibility index (Phi) is 4.80. The normalized spacial score (nSPS) is 16.4. The molecule has 0 saturated carbocycles. The molecule has 0 bridgehead atoms. The van der Waals surface area contributed by atoms with Crippen LogP contribution in [0.4, 0.5) is 5.82 Å². The van der Waals surface area contributed by atoms with Crippen molar-refractivity contribution < 1.29 is 9.47 Å². The molecule has 0 aliphatic carbocycles. The summed E-state index contributed by atoms with van der Waals surface area (Å²) in [5, 5.41) is 9.74. The number of hydrogen-bond donors (Lipinski definition) is 1. The molecule has 2 heterocycles. The number of benzene rings is 1. The van der Waals surface area contributed by atoms with Crippen molar-refractivity contribution in [3.05, 3.63) is 45.6 Å². The topological polar surface area (TPSA) is 73.2 Å². The lowest BCUT2D eigenvalue weighted by Crippen LogP contribution is -2.29. The van der Waals surface area contributed by atoms with Gasteiger partial charge in [-0.25, -0.2) is 0 Å². The summed E-state index contributed by atoms with van der Waals surface area (Å²) >= 11 is 5.71. The molecule has 5 nitrogen and oxygen atoms in total. The van der Waals surface area contributed by atoms with E-state index < -0.39 is 0 Å². The van der Waals surface area contributed by atoms with E-state index in [2.05, 4.69) is 19.9 Å². The summed E-state index contributed by atoms with van der Waals surface area (Å²) in [7, 11) is 1.60. The molecule has 0 unspecified atom stereocenters. The summed E-state index contributed by atoms with van der Waals surface area (Å²) in [6.45, 7) is 4.61. The number of nitrogen functional groups attached to an aromatic ring is 1. The van der Waals surface area contributed by atoms with E-state index in [1.54, 1.807) is 11.7 Å². The second-order valence-electron chi connectivity index (χ2n) is 6.44. The molecular formula is C19H21N3O2S. The Morgan fingerprint density at radius 1 is 1.36 bits per heavy atom. The highest BCUT2D eigenvalue weighted by Crippen LogP contribution is 2.34. The van der Waals surface area contributed by atoms with E-state index in [1.807, 2.05) is 24.3 Å². The highest BCUT2D eigenvalue weighted by atomic mass is 32.1. The fraction of sp³-hybridized carbons (Fsp3) is 0.368. The van der Waals surface area contributed by atoms with Gasteiger partial charge in [0.25, 0.3) is 0 Å². The van der Waals surface area contributed by atoms with Crippen LogP contribution in [0.15, 0.2) is 24.3 Å². The van der Waals surface area contributed by atoms with Crippen LogP contribution in [0.2, 0.25) is 0 Å². The largest absolute Gasteiger partial charge is 0.495 e. The molecule has 1 aliphatic heterocycles. The molecule has 3 rings (SSSR count). The van der Waals surface area contributed by atoms with Crippen LogP contribution in [0.25, 0.3) is 5.69 Å². The van der Waals surface area contributed by atoms with Crippen molar-refractivity contribution in [2.45, 2.75) is 33.0 Å². The standard InChI is InChI=1S/C19H21N3O2S/c1-11(2)17-8-12-13(9-20)18(21)22(19(25)14(12)10-24-17)15-6-4-5-7-16(15)23-3/h4-7,11,17H,8,10,21H2,1-3H3/t17-/m0/s1. The van der Waals surface area contributed by atoms with Crippen molar-refractivity contribution in [1.29, 1.82) is 5.26 Å². The van der Waals surface area contributed by atoms with Crippen LogP contribution < -0.4 is 10.5 Å². The van der Waals surface area contributed by atoms with Crippen LogP contribution in [-0.2, 0) is 17.8 Å². The number of para-hydroxylation sites is 2. The molecule has 2 aromatic rings. The third-order valence-electron chi connectivity index (χ3n) is 4.65. The van der Waals surface area contributed by atoms with Crippen LogP contribution in [0.1, 0.15) is 30.5 Å². The van der Waals surface area contributed by atoms with E-state index >= 15 is 0 Å². The van der Waals surface area contributed by atoms with Crippen molar-refractivity contribution in [2.24, 2.45) is 5.92 Å². The number of nitrogens with zero attached hydrogens (tertiary/aromatic N) is 2. The minimum atomic E-state index is 0.0653. The Morgan fingerprint density at radius 3 is 2.72 bits per heavy atom. The third-order valence-corrected chi connectivity index (χ3v) is 5.08. The first-order valence-corrected chi connectivity index (χ1v) is 8.61. The van der Waals surface area contributed by atoms with Gasteiger partial charge in [0.15, 0.2) is 0 Å². The average Bonchev–Trinajstić information content (AvgIpc) is 2.62. The number of fused-ring (bicyclic) bond motifs is 1. The van der Waals surface area contributed by atoms with Crippen LogP contribution in [-0.4, -0.2) is 17.8 Å². The molecule has 6 heteroatoms. The zero-order chi connectivity index (χ0) is 18.1. The van der Waals surface area contributed by atoms with E-state index in [0.29, 0.717) is 40.7 Å². The second kappa shape index (κ2) is 6.87. The number of methoxy groups -OCH3 is 1. The third kappa shape index (κ3) is 2.90. The number of nitriles is 1. The Hall–Kier alpha value is -2.36. The van der Waals surface area contributed by atoms with Crippen LogP contribution in [0.5, 0.6) is 5.75 Å². The zero-order valence-electron chi connectivity index (χ0n) is 14.6. The maximum atomic E-state index is 9.74. The Balaban J connectivity index is 2.28. The maximum absolute atomic E-state index is 9.74. The van der Waals surface area contributed by atoms with Crippen molar-refractivity contribution in [1.82, 2.24) is 4.57 Å². The number of anilines is 1. The van der Waals surface area contributed by atoms with Crippen molar-refractivity contribution >= 4 is 18.0 Å². The minimum absolute atomic E-state index is 0.0653. The van der Waals surface area contributed by atoms with E-state index in [-0.39, 0.29) is 6.10 Å². The number of ether oxygens (including phenoxy) is 2. The van der Waals surface area contributed by atoms with E-state index in [9.17, 15) is 5.26 Å². The quantitative estimate of drug-likeness (QED) is 0.849. The van der Waals surface area contributed by atoms with Gasteiger partial charge in [-0.3, -0.25) is 4.57 Å². The van der Waals surface area contributed by atoms with Crippen LogP contribution >= 0.6 is 12.2 Å². The lowest BCUT2D eigenvalue weighted by molar-refractivity contribution is -0.000856. The van der Waals surface area contributed by atoms with Crippen molar-refractivity contribution in [3.8, 4) is 17.5 Å². The number of aromatic nitrogens is 1. The Bertz CT molecular complexity index is 912. The summed E-state index contributed by atoms with van der Waals surface area (Å²) in [5.74, 6) is 1.35.